The van der Waals surface area contributed by atoms with Crippen LogP contribution in [0, 0.1) is 6.92 Å². The van der Waals surface area contributed by atoms with Crippen LogP contribution in [0.4, 0.5) is 13.2 Å². The number of amides is 1. The number of hydrogen-bond donors (Lipinski definition) is 0. The van der Waals surface area contributed by atoms with Gasteiger partial charge in [-0.3, -0.25) is 14.6 Å². The van der Waals surface area contributed by atoms with Crippen LogP contribution < -0.4 is 5.11 Å². The summed E-state index contributed by atoms with van der Waals surface area (Å²) in [5, 5.41) is 11.2. The van der Waals surface area contributed by atoms with Crippen molar-refractivity contribution in [3.63, 3.8) is 0 Å². The fourth-order valence-electron chi connectivity index (χ4n) is 0.717. The molecule has 0 aliphatic rings. The number of carbonyl (C=O) groups excluding carboxylic acids is 1. The predicted octanol–water partition coefficient (Wildman–Crippen LogP) is 0.536. The van der Waals surface area contributed by atoms with E-state index in [1.807, 2.05) is 0 Å². The van der Waals surface area contributed by atoms with E-state index in [9.17, 15) is 23.1 Å². The number of hydroxylamine groups is 2. The molecule has 0 aliphatic carbocycles. The summed E-state index contributed by atoms with van der Waals surface area (Å²) in [6, 6.07) is -1.29. The number of halogens is 4. The van der Waals surface area contributed by atoms with Crippen molar-refractivity contribution < 1.29 is 47.4 Å². The smallest absolute Gasteiger partial charge is 0.419 e. The minimum Gasteiger partial charge on any atom is -0.856 e. The van der Waals surface area contributed by atoms with E-state index in [2.05, 4.69) is 16.8 Å². The van der Waals surface area contributed by atoms with E-state index in [1.54, 1.807) is 0 Å². The van der Waals surface area contributed by atoms with Crippen LogP contribution in [0.15, 0.2) is 4.99 Å². The second kappa shape index (κ2) is 9.91. The third-order valence-electron chi connectivity index (χ3n) is 1.58. The topological polar surface area (TPSA) is 65.0 Å². The van der Waals surface area contributed by atoms with E-state index < -0.39 is 30.4 Å². The summed E-state index contributed by atoms with van der Waals surface area (Å²) < 4.78 is 35.3. The van der Waals surface area contributed by atoms with Crippen molar-refractivity contribution in [3.05, 3.63) is 6.92 Å². The van der Waals surface area contributed by atoms with E-state index in [0.29, 0.717) is 0 Å². The Morgan fingerprint density at radius 2 is 2.00 bits per heavy atom. The molecule has 0 heterocycles. The maximum absolute atomic E-state index is 11.8. The van der Waals surface area contributed by atoms with Crippen LogP contribution in [-0.2, 0) is 29.1 Å². The zero-order valence-corrected chi connectivity index (χ0v) is 15.2. The van der Waals surface area contributed by atoms with Gasteiger partial charge in [-0.15, -0.1) is 24.0 Å². The van der Waals surface area contributed by atoms with Crippen LogP contribution >= 0.6 is 24.0 Å². The third-order valence-corrected chi connectivity index (χ3v) is 1.58. The summed E-state index contributed by atoms with van der Waals surface area (Å²) in [6.07, 6.45) is -5.47. The molecule has 103 valence electrons. The minimum absolute atomic E-state index is 0. The Bertz CT molecular complexity index is 289. The van der Waals surface area contributed by atoms with E-state index in [4.69, 9.17) is 0 Å². The molecule has 0 saturated carbocycles. The minimum atomic E-state index is -5.04. The molecule has 5 nitrogen and oxygen atoms in total. The molecule has 0 N–H and O–H groups in total. The van der Waals surface area contributed by atoms with Crippen molar-refractivity contribution in [2.75, 3.05) is 14.2 Å². The Hall–Kier alpha value is 0.0434. The first-order valence-electron chi connectivity index (χ1n) is 4.14. The molecule has 10 heteroatoms. The molecule has 0 aliphatic heterocycles. The molecule has 0 rings (SSSR count). The largest absolute Gasteiger partial charge is 0.856 e. The molecule has 1 amide bonds. The van der Waals surface area contributed by atoms with Crippen LogP contribution in [0.1, 0.15) is 6.42 Å². The molecule has 0 aromatic carbocycles. The number of hydrogen-bond acceptors (Lipinski definition) is 4. The first-order valence-corrected chi connectivity index (χ1v) is 4.14. The summed E-state index contributed by atoms with van der Waals surface area (Å²) in [4.78, 5) is 18.3. The van der Waals surface area contributed by atoms with E-state index in [1.165, 1.54) is 14.2 Å². The third kappa shape index (κ3) is 9.04. The molecular formula is C8H12F3IN2O3Zn-. The standard InChI is InChI=1S/C8H12F3N2O3.HI.Zn/c1-5(4-6(14)13(2)16-3)12-7(15)8(9,10)11;;/h5H,1,4H2,2-3H3,(H,12,15);1H;/p-1/t5-;;/m1../s1. The second-order valence-electron chi connectivity index (χ2n) is 2.86. The van der Waals surface area contributed by atoms with Crippen molar-refractivity contribution in [1.29, 1.82) is 0 Å². The number of nitrogens with zero attached hydrogens (tertiary/aromatic N) is 2. The maximum atomic E-state index is 11.8. The Morgan fingerprint density at radius 1 is 1.56 bits per heavy atom. The number of carbonyl (C=O) groups is 1. The molecule has 0 aromatic heterocycles. The van der Waals surface area contributed by atoms with Crippen LogP contribution in [0.5, 0.6) is 0 Å². The van der Waals surface area contributed by atoms with Crippen LogP contribution in [0.2, 0.25) is 0 Å². The van der Waals surface area contributed by atoms with Gasteiger partial charge in [0.25, 0.3) is 0 Å². The number of aliphatic imine (C=N–C) groups is 1. The van der Waals surface area contributed by atoms with Gasteiger partial charge in [-0.1, -0.05) is 0 Å². The fourth-order valence-corrected chi connectivity index (χ4v) is 0.717. The number of alkyl halides is 3. The number of rotatable bonds is 4. The van der Waals surface area contributed by atoms with Crippen molar-refractivity contribution >= 4 is 35.8 Å². The van der Waals surface area contributed by atoms with Gasteiger partial charge in [-0.2, -0.15) is 13.2 Å². The summed E-state index contributed by atoms with van der Waals surface area (Å²) in [5.41, 5.74) is 0. The Kier molecular flexibility index (Phi) is 12.7. The zero-order valence-electron chi connectivity index (χ0n) is 9.86. The summed E-state index contributed by atoms with van der Waals surface area (Å²) >= 11 is 0. The van der Waals surface area contributed by atoms with Gasteiger partial charge in [-0.25, -0.2) is 5.06 Å². The molecule has 0 aromatic rings. The molecular weight excluding hydrogens is 421 g/mol. The van der Waals surface area contributed by atoms with Gasteiger partial charge in [0.2, 0.25) is 5.91 Å². The van der Waals surface area contributed by atoms with Gasteiger partial charge in [0, 0.05) is 26.5 Å². The average Bonchev–Trinajstić information content (AvgIpc) is 2.14. The molecule has 1 atom stereocenters. The first-order chi connectivity index (χ1) is 7.18. The Balaban J connectivity index is -0.00000112. The quantitative estimate of drug-likeness (QED) is 0.214. The van der Waals surface area contributed by atoms with Crippen LogP contribution in [0.25, 0.3) is 0 Å². The zero-order chi connectivity index (χ0) is 12.9. The molecule has 18 heavy (non-hydrogen) atoms. The predicted molar refractivity (Wildman–Crippen MR) is 62.4 cm³/mol. The maximum Gasteiger partial charge on any atom is 0.419 e. The van der Waals surface area contributed by atoms with Gasteiger partial charge in [0.05, 0.1) is 25.5 Å². The molecule has 0 unspecified atom stereocenters. The summed E-state index contributed by atoms with van der Waals surface area (Å²) in [6.45, 7) is 3.16. The SMILES string of the molecule is I.[CH2][C@H](CC(=O)N(C)OC)N=C([O-])C(F)(F)F.[Zn]. The van der Waals surface area contributed by atoms with Crippen molar-refractivity contribution in [2.24, 2.45) is 4.99 Å². The normalized spacial score (nSPS) is 13.1. The van der Waals surface area contributed by atoms with Gasteiger partial charge >= 0.3 is 6.18 Å². The van der Waals surface area contributed by atoms with Gasteiger partial charge < -0.3 is 5.11 Å². The second-order valence-corrected chi connectivity index (χ2v) is 2.86. The molecule has 0 bridgehead atoms. The van der Waals surface area contributed by atoms with Crippen molar-refractivity contribution in [3.8, 4) is 0 Å². The Labute approximate surface area is 132 Å². The summed E-state index contributed by atoms with van der Waals surface area (Å²) in [7, 11) is 2.49. The van der Waals surface area contributed by atoms with E-state index >= 15 is 0 Å². The first kappa shape index (κ1) is 23.2. The van der Waals surface area contributed by atoms with Gasteiger partial charge in [-0.05, 0) is 6.92 Å². The monoisotopic (exact) mass is 432 g/mol. The van der Waals surface area contributed by atoms with Crippen LogP contribution in [0.3, 0.4) is 0 Å². The van der Waals surface area contributed by atoms with E-state index in [0.717, 1.165) is 5.06 Å². The Morgan fingerprint density at radius 3 is 2.33 bits per heavy atom. The van der Waals surface area contributed by atoms with Gasteiger partial charge in [0.15, 0.2) is 0 Å². The van der Waals surface area contributed by atoms with E-state index in [-0.39, 0.29) is 43.5 Å². The molecule has 0 spiro atoms. The molecule has 0 saturated heterocycles. The molecule has 0 fully saturated rings. The van der Waals surface area contributed by atoms with Gasteiger partial charge in [0.1, 0.15) is 0 Å². The van der Waals surface area contributed by atoms with Crippen LogP contribution in [-0.4, -0.2) is 43.2 Å². The van der Waals surface area contributed by atoms with Crippen molar-refractivity contribution in [2.45, 2.75) is 18.6 Å². The summed E-state index contributed by atoms with van der Waals surface area (Å²) in [5.74, 6) is -2.87. The van der Waals surface area contributed by atoms with Crippen molar-refractivity contribution in [1.82, 2.24) is 5.06 Å². The average molecular weight is 433 g/mol. The molecule has 1 radical (unpaired) electrons. The fraction of sp³-hybridized carbons (Fsp3) is 0.625.